The largest absolute Gasteiger partial charge is 0.391 e. The van der Waals surface area contributed by atoms with Crippen LogP contribution in [0, 0.1) is 0 Å². The zero-order valence-corrected chi connectivity index (χ0v) is 13.3. The number of allylic oxidation sites excluding steroid dienone is 2. The average Bonchev–Trinajstić information content (AvgIpc) is 2.45. The van der Waals surface area contributed by atoms with Crippen molar-refractivity contribution >= 4 is 0 Å². The smallest absolute Gasteiger partial charge is 0.0901 e. The minimum Gasteiger partial charge on any atom is -0.391 e. The molecule has 0 spiro atoms. The molecule has 1 N–H and O–H groups in total. The van der Waals surface area contributed by atoms with Gasteiger partial charge in [-0.25, -0.2) is 0 Å². The summed E-state index contributed by atoms with van der Waals surface area (Å²) >= 11 is 0. The fourth-order valence-corrected chi connectivity index (χ4v) is 2.68. The summed E-state index contributed by atoms with van der Waals surface area (Å²) in [6.07, 6.45) is 19.4. The molecule has 2 heteroatoms. The molecule has 0 bridgehead atoms. The molecule has 0 amide bonds. The van der Waals surface area contributed by atoms with E-state index in [0.717, 1.165) is 12.8 Å². The molecular formula is C18H32O2. The minimum absolute atomic E-state index is 0.171. The van der Waals surface area contributed by atoms with E-state index in [0.29, 0.717) is 6.61 Å². The Kier molecular flexibility index (Phi) is 8.88. The molecule has 0 saturated carbocycles. The summed E-state index contributed by atoms with van der Waals surface area (Å²) in [5.74, 6) is 0. The van der Waals surface area contributed by atoms with Crippen LogP contribution in [0.4, 0.5) is 0 Å². The van der Waals surface area contributed by atoms with Gasteiger partial charge in [0, 0.05) is 0 Å². The van der Waals surface area contributed by atoms with Gasteiger partial charge in [-0.1, -0.05) is 76.2 Å². The summed E-state index contributed by atoms with van der Waals surface area (Å²) in [6, 6.07) is 0. The molecule has 2 atom stereocenters. The first-order valence-electron chi connectivity index (χ1n) is 8.35. The van der Waals surface area contributed by atoms with Gasteiger partial charge < -0.3 is 9.84 Å². The Bertz CT molecular complexity index is 294. The van der Waals surface area contributed by atoms with E-state index in [1.165, 1.54) is 44.9 Å². The summed E-state index contributed by atoms with van der Waals surface area (Å²) in [5, 5.41) is 9.42. The van der Waals surface area contributed by atoms with Crippen LogP contribution in [0.1, 0.15) is 71.6 Å². The van der Waals surface area contributed by atoms with E-state index >= 15 is 0 Å². The molecule has 0 aromatic heterocycles. The van der Waals surface area contributed by atoms with Crippen LogP contribution >= 0.6 is 0 Å². The Balaban J connectivity index is 2.24. The van der Waals surface area contributed by atoms with Crippen LogP contribution in [-0.4, -0.2) is 23.4 Å². The maximum atomic E-state index is 9.42. The lowest BCUT2D eigenvalue weighted by atomic mass is 9.89. The normalized spacial score (nSPS) is 23.1. The van der Waals surface area contributed by atoms with Crippen molar-refractivity contribution in [2.75, 3.05) is 6.61 Å². The van der Waals surface area contributed by atoms with Gasteiger partial charge in [0.05, 0.1) is 18.3 Å². The van der Waals surface area contributed by atoms with Gasteiger partial charge in [-0.15, -0.1) is 0 Å². The van der Waals surface area contributed by atoms with Gasteiger partial charge in [0.1, 0.15) is 0 Å². The molecule has 2 unspecified atom stereocenters. The second-order valence-corrected chi connectivity index (χ2v) is 6.09. The third-order valence-electron chi connectivity index (χ3n) is 3.93. The predicted molar refractivity (Wildman–Crippen MR) is 85.9 cm³/mol. The number of unbranched alkanes of at least 4 members (excludes halogenated alkanes) is 6. The lowest BCUT2D eigenvalue weighted by molar-refractivity contribution is -0.0519. The number of hydrogen-bond acceptors (Lipinski definition) is 2. The molecule has 0 aromatic carbocycles. The molecule has 116 valence electrons. The Hall–Kier alpha value is -0.600. The minimum atomic E-state index is -0.389. The van der Waals surface area contributed by atoms with Gasteiger partial charge >= 0.3 is 0 Å². The molecule has 1 aliphatic carbocycles. The zero-order valence-electron chi connectivity index (χ0n) is 13.3. The van der Waals surface area contributed by atoms with E-state index in [1.54, 1.807) is 6.92 Å². The second-order valence-electron chi connectivity index (χ2n) is 6.09. The van der Waals surface area contributed by atoms with Gasteiger partial charge in [0.25, 0.3) is 0 Å². The molecule has 2 nitrogen and oxygen atoms in total. The third kappa shape index (κ3) is 7.25. The van der Waals surface area contributed by atoms with Crippen molar-refractivity contribution in [1.29, 1.82) is 0 Å². The van der Waals surface area contributed by atoms with Crippen LogP contribution in [0.2, 0.25) is 0 Å². The number of rotatable bonds is 11. The number of aliphatic hydroxyl groups excluding tert-OH is 1. The Morgan fingerprint density at radius 1 is 1.10 bits per heavy atom. The van der Waals surface area contributed by atoms with Crippen molar-refractivity contribution in [2.45, 2.75) is 83.3 Å². The number of hydrogen-bond donors (Lipinski definition) is 1. The van der Waals surface area contributed by atoms with Gasteiger partial charge in [-0.3, -0.25) is 0 Å². The van der Waals surface area contributed by atoms with Gasteiger partial charge in [-0.05, 0) is 19.8 Å². The molecule has 0 radical (unpaired) electrons. The highest BCUT2D eigenvalue weighted by molar-refractivity contribution is 5.18. The summed E-state index contributed by atoms with van der Waals surface area (Å²) < 4.78 is 5.99. The Morgan fingerprint density at radius 2 is 1.80 bits per heavy atom. The average molecular weight is 280 g/mol. The lowest BCUT2D eigenvalue weighted by Crippen LogP contribution is -2.33. The van der Waals surface area contributed by atoms with Crippen molar-refractivity contribution < 1.29 is 9.84 Å². The van der Waals surface area contributed by atoms with Crippen molar-refractivity contribution in [3.05, 3.63) is 24.3 Å². The SMILES string of the molecule is CCCCCCCCCC1(OCC(C)O)C=CC=CC1. The first-order chi connectivity index (χ1) is 9.68. The molecule has 0 aromatic rings. The van der Waals surface area contributed by atoms with Crippen molar-refractivity contribution in [2.24, 2.45) is 0 Å². The standard InChI is InChI=1S/C18H32O2/c1-3-4-5-6-7-8-10-13-18(20-16-17(2)19)14-11-9-12-15-18/h9,11-12,14,17,19H,3-8,10,13,15-16H2,1-2H3. The zero-order chi connectivity index (χ0) is 14.7. The number of ether oxygens (including phenoxy) is 1. The first-order valence-corrected chi connectivity index (χ1v) is 8.35. The highest BCUT2D eigenvalue weighted by Gasteiger charge is 2.27. The molecule has 0 heterocycles. The quantitative estimate of drug-likeness (QED) is 0.552. The van der Waals surface area contributed by atoms with Gasteiger partial charge in [0.2, 0.25) is 0 Å². The van der Waals surface area contributed by atoms with Crippen LogP contribution in [0.15, 0.2) is 24.3 Å². The van der Waals surface area contributed by atoms with Crippen LogP contribution in [0.25, 0.3) is 0 Å². The highest BCUT2D eigenvalue weighted by atomic mass is 16.5. The lowest BCUT2D eigenvalue weighted by Gasteiger charge is -2.32. The highest BCUT2D eigenvalue weighted by Crippen LogP contribution is 2.29. The summed E-state index contributed by atoms with van der Waals surface area (Å²) in [6.45, 7) is 4.46. The van der Waals surface area contributed by atoms with Gasteiger partial charge in [-0.2, -0.15) is 0 Å². The fraction of sp³-hybridized carbons (Fsp3) is 0.778. The molecule has 0 saturated heterocycles. The monoisotopic (exact) mass is 280 g/mol. The first kappa shape index (κ1) is 17.5. The second kappa shape index (κ2) is 10.2. The summed E-state index contributed by atoms with van der Waals surface area (Å²) in [4.78, 5) is 0. The van der Waals surface area contributed by atoms with Crippen LogP contribution in [-0.2, 0) is 4.74 Å². The molecule has 0 fully saturated rings. The maximum Gasteiger partial charge on any atom is 0.0901 e. The molecule has 1 aliphatic rings. The molecule has 1 rings (SSSR count). The molecule has 0 aliphatic heterocycles. The van der Waals surface area contributed by atoms with E-state index in [-0.39, 0.29) is 11.7 Å². The predicted octanol–water partition coefficient (Wildman–Crippen LogP) is 4.78. The summed E-state index contributed by atoms with van der Waals surface area (Å²) in [5.41, 5.74) is -0.171. The van der Waals surface area contributed by atoms with Crippen molar-refractivity contribution in [3.63, 3.8) is 0 Å². The number of aliphatic hydroxyl groups is 1. The topological polar surface area (TPSA) is 29.5 Å². The summed E-state index contributed by atoms with van der Waals surface area (Å²) in [7, 11) is 0. The van der Waals surface area contributed by atoms with Crippen LogP contribution < -0.4 is 0 Å². The van der Waals surface area contributed by atoms with Crippen LogP contribution in [0.5, 0.6) is 0 Å². The molecule has 20 heavy (non-hydrogen) atoms. The van der Waals surface area contributed by atoms with E-state index in [1.807, 2.05) is 0 Å². The van der Waals surface area contributed by atoms with E-state index in [2.05, 4.69) is 31.2 Å². The van der Waals surface area contributed by atoms with E-state index in [4.69, 9.17) is 4.74 Å². The van der Waals surface area contributed by atoms with Crippen molar-refractivity contribution in [1.82, 2.24) is 0 Å². The van der Waals surface area contributed by atoms with Crippen LogP contribution in [0.3, 0.4) is 0 Å². The molecular weight excluding hydrogens is 248 g/mol. The maximum absolute atomic E-state index is 9.42. The fourth-order valence-electron chi connectivity index (χ4n) is 2.68. The van der Waals surface area contributed by atoms with Crippen molar-refractivity contribution in [3.8, 4) is 0 Å². The Labute approximate surface area is 124 Å². The van der Waals surface area contributed by atoms with E-state index in [9.17, 15) is 5.11 Å². The van der Waals surface area contributed by atoms with Gasteiger partial charge in [0.15, 0.2) is 0 Å². The van der Waals surface area contributed by atoms with E-state index < -0.39 is 0 Å². The third-order valence-corrected chi connectivity index (χ3v) is 3.93. The Morgan fingerprint density at radius 3 is 2.40 bits per heavy atom.